The fraction of sp³-hybridized carbons (Fsp3) is 0.887. The Balaban J connectivity index is 1.16. The lowest BCUT2D eigenvalue weighted by molar-refractivity contribution is -0.314. The van der Waals surface area contributed by atoms with Gasteiger partial charge in [-0.1, -0.05) is 47.6 Å². The van der Waals surface area contributed by atoms with Crippen LogP contribution in [0.25, 0.3) is 0 Å². The van der Waals surface area contributed by atoms with Crippen LogP contribution >= 0.6 is 0 Å². The zero-order valence-electron chi connectivity index (χ0n) is 51.9. The number of rotatable bonds is 13. The van der Waals surface area contributed by atoms with Gasteiger partial charge < -0.3 is 69.3 Å². The number of esters is 1. The average Bonchev–Trinajstić information content (AvgIpc) is 1.89. The fourth-order valence-electron chi connectivity index (χ4n) is 16.5. The molecule has 26 atom stereocenters. The van der Waals surface area contributed by atoms with Crippen molar-refractivity contribution < 1.29 is 82.2 Å². The molecule has 0 spiro atoms. The topological polar surface area (TPSA) is 246 Å². The number of likely N-dealkylation sites (N-methyl/N-ethyl adjacent to an activating group) is 1. The number of carbonyl (C=O) groups is 3. The third-order valence-electron chi connectivity index (χ3n) is 22.4. The van der Waals surface area contributed by atoms with Crippen molar-refractivity contribution in [1.29, 1.82) is 0 Å². The predicted octanol–water partition coefficient (Wildman–Crippen LogP) is 5.49. The van der Waals surface area contributed by atoms with E-state index in [1.165, 1.54) is 26.0 Å². The van der Waals surface area contributed by atoms with E-state index >= 15 is 8.78 Å². The molecule has 470 valence electrons. The minimum absolute atomic E-state index is 0.00907. The van der Waals surface area contributed by atoms with Gasteiger partial charge in [-0.2, -0.15) is 0 Å². The lowest BCUT2D eigenvalue weighted by Crippen LogP contribution is -2.71. The van der Waals surface area contributed by atoms with Gasteiger partial charge in [0.05, 0.1) is 47.6 Å². The summed E-state index contributed by atoms with van der Waals surface area (Å²) < 4.78 is 73.1. The van der Waals surface area contributed by atoms with Gasteiger partial charge in [-0.15, -0.1) is 0 Å². The summed E-state index contributed by atoms with van der Waals surface area (Å²) in [6, 6.07) is -1.15. The van der Waals surface area contributed by atoms with Crippen LogP contribution in [0.1, 0.15) is 154 Å². The number of methoxy groups -OCH3 is 1. The standard InChI is InChI=1S/C62H103F2N3O15/c1-17-47-59(13,74)51(71)38(8)67(26-20-24-65-55(73)62(76)33(3)27-41-42-30-44(63)43-29-40(68)21-23-56(43,10)61(42,64)46(69)31-57(41,62)11)25-19-22-60(75,18-2)52(82-54-49(70)45(66(14)15)28-34(4)78-54)35(5)50(36(6)53(72)80-47)81-48-32-58(12,77-16)37(7)39(9)79-48/h21,23,29,33-39,41-42,44-52,54,69-71,74-76H,17-20,22,24-28,30-32H2,1-16H3,(H,65,73)/t33-,34-,35+,36-,37-,38-,39?,41?,42?,44+,45-,46+,47-,48-,49-,50+,51-,52-,54+,56+,57+,58+,59-,60-,61+,62+/m1/s1. The van der Waals surface area contributed by atoms with E-state index < -0.39 is 148 Å². The van der Waals surface area contributed by atoms with Crippen molar-refractivity contribution >= 4 is 17.7 Å². The Morgan fingerprint density at radius 3 is 2.22 bits per heavy atom. The van der Waals surface area contributed by atoms with Crippen molar-refractivity contribution in [1.82, 2.24) is 15.1 Å². The number of nitrogens with one attached hydrogen (secondary N) is 1. The summed E-state index contributed by atoms with van der Waals surface area (Å²) in [5.41, 5.74) is -11.8. The molecule has 6 fully saturated rings. The van der Waals surface area contributed by atoms with Crippen LogP contribution in [0.3, 0.4) is 0 Å². The van der Waals surface area contributed by atoms with Crippen molar-refractivity contribution in [2.45, 2.75) is 262 Å². The molecule has 0 aromatic heterocycles. The van der Waals surface area contributed by atoms with E-state index in [1.807, 2.05) is 65.4 Å². The summed E-state index contributed by atoms with van der Waals surface area (Å²) in [4.78, 5) is 45.6. The normalized spacial score (nSPS) is 49.9. The van der Waals surface area contributed by atoms with Crippen LogP contribution in [0.5, 0.6) is 0 Å². The maximum Gasteiger partial charge on any atom is 0.311 e. The summed E-state index contributed by atoms with van der Waals surface area (Å²) >= 11 is 0. The molecule has 7 rings (SSSR count). The molecule has 4 aliphatic carbocycles. The first-order valence-corrected chi connectivity index (χ1v) is 30.6. The molecule has 3 saturated carbocycles. The van der Waals surface area contributed by atoms with Crippen molar-refractivity contribution in [3.05, 3.63) is 23.8 Å². The maximum absolute atomic E-state index is 17.9. The highest BCUT2D eigenvalue weighted by atomic mass is 19.1. The quantitative estimate of drug-likeness (QED) is 0.0890. The lowest BCUT2D eigenvalue weighted by Gasteiger charge is -2.63. The Morgan fingerprint density at radius 1 is 0.927 bits per heavy atom. The van der Waals surface area contributed by atoms with Crippen LogP contribution in [0.2, 0.25) is 0 Å². The van der Waals surface area contributed by atoms with E-state index in [9.17, 15) is 45.0 Å². The first-order chi connectivity index (χ1) is 38.1. The molecule has 82 heavy (non-hydrogen) atoms. The Hall–Kier alpha value is -2.57. The number of nitrogens with zero attached hydrogens (tertiary/aromatic N) is 2. The van der Waals surface area contributed by atoms with E-state index in [0.717, 1.165) is 6.08 Å². The number of ether oxygens (including phenoxy) is 6. The van der Waals surface area contributed by atoms with Gasteiger partial charge in [-0.3, -0.25) is 19.3 Å². The molecule has 1 amide bonds. The van der Waals surface area contributed by atoms with Gasteiger partial charge in [0, 0.05) is 67.3 Å². The highest BCUT2D eigenvalue weighted by Gasteiger charge is 2.77. The Bertz CT molecular complexity index is 2330. The van der Waals surface area contributed by atoms with Crippen LogP contribution in [-0.4, -0.2) is 207 Å². The molecule has 7 N–H and O–H groups in total. The number of fused-ring (bicyclic) bond motifs is 5. The highest BCUT2D eigenvalue weighted by molar-refractivity contribution is 6.01. The molecule has 0 aromatic rings. The SMILES string of the molecule is CC[C@H]1OC(=O)[C@H](C)[C@@H](O[C@@H]2C[C@](C)(OC)[C@H](C)C(C)O2)[C@H](C)[C@@H](O[C@@H]2O[C@H](C)C[C@@H](N(C)C)[C@H]2O)[C@@](O)(CC)CCCN(CCCNC(=O)[C@@]2(O)[C@H](C)CC3C4C[C@H](F)C5=CC(=O)C=C[C@]5(C)[C@@]4(F)[C@@H](O)C[C@@]32C)[C@H](C)[C@@H](O)[C@]1(C)O. The Labute approximate surface area is 486 Å². The van der Waals surface area contributed by atoms with E-state index in [0.29, 0.717) is 19.3 Å². The molecule has 0 radical (unpaired) electrons. The molecule has 0 bridgehead atoms. The zero-order chi connectivity index (χ0) is 61.2. The zero-order valence-corrected chi connectivity index (χ0v) is 51.9. The average molecular weight is 1170 g/mol. The van der Waals surface area contributed by atoms with Gasteiger partial charge >= 0.3 is 5.97 Å². The van der Waals surface area contributed by atoms with Gasteiger partial charge in [-0.05, 0) is 156 Å². The highest BCUT2D eigenvalue weighted by Crippen LogP contribution is 2.71. The minimum Gasteiger partial charge on any atom is -0.459 e. The predicted molar refractivity (Wildman–Crippen MR) is 302 cm³/mol. The second kappa shape index (κ2) is 24.9. The molecule has 3 aliphatic heterocycles. The number of allylic oxidation sites excluding steroid dienone is 4. The molecule has 0 aromatic carbocycles. The number of carbonyl (C=O) groups excluding carboxylic acids is 3. The molecule has 3 heterocycles. The first kappa shape index (κ1) is 66.9. The first-order valence-electron chi connectivity index (χ1n) is 30.6. The van der Waals surface area contributed by atoms with Crippen LogP contribution in [0.4, 0.5) is 8.78 Å². The van der Waals surface area contributed by atoms with Crippen molar-refractivity contribution in [2.24, 2.45) is 46.3 Å². The number of halogens is 2. The molecule has 18 nitrogen and oxygen atoms in total. The minimum atomic E-state index is -2.38. The molecule has 3 unspecified atom stereocenters. The van der Waals surface area contributed by atoms with Crippen molar-refractivity contribution in [3.63, 3.8) is 0 Å². The monoisotopic (exact) mass is 1170 g/mol. The van der Waals surface area contributed by atoms with E-state index in [4.69, 9.17) is 28.4 Å². The number of cyclic esters (lactones) is 1. The van der Waals surface area contributed by atoms with Gasteiger partial charge in [0.25, 0.3) is 5.91 Å². The van der Waals surface area contributed by atoms with Gasteiger partial charge in [0.1, 0.15) is 30.1 Å². The van der Waals surface area contributed by atoms with E-state index in [2.05, 4.69) is 5.32 Å². The summed E-state index contributed by atoms with van der Waals surface area (Å²) in [6.45, 7) is 23.5. The van der Waals surface area contributed by atoms with Crippen LogP contribution in [0.15, 0.2) is 23.8 Å². The molecule has 3 saturated heterocycles. The van der Waals surface area contributed by atoms with Crippen molar-refractivity contribution in [3.8, 4) is 0 Å². The lowest BCUT2D eigenvalue weighted by atomic mass is 9.44. The number of aliphatic hydroxyl groups excluding tert-OH is 3. The largest absolute Gasteiger partial charge is 0.459 e. The fourth-order valence-corrected chi connectivity index (χ4v) is 16.5. The van der Waals surface area contributed by atoms with Crippen LogP contribution < -0.4 is 5.32 Å². The number of alkyl halides is 2. The molecular weight excluding hydrogens is 1060 g/mol. The number of hydrogen-bond acceptors (Lipinski definition) is 17. The van der Waals surface area contributed by atoms with E-state index in [-0.39, 0.29) is 94.3 Å². The van der Waals surface area contributed by atoms with Gasteiger partial charge in [0.2, 0.25) is 0 Å². The van der Waals surface area contributed by atoms with Crippen LogP contribution in [0, 0.1) is 46.3 Å². The van der Waals surface area contributed by atoms with Gasteiger partial charge in [-0.25, -0.2) is 8.78 Å². The summed E-state index contributed by atoms with van der Waals surface area (Å²) in [5.74, 6) is -6.28. The third-order valence-corrected chi connectivity index (χ3v) is 22.4. The molecule has 7 aliphatic rings. The molecule has 20 heteroatoms. The van der Waals surface area contributed by atoms with Crippen molar-refractivity contribution in [2.75, 3.05) is 40.8 Å². The number of amides is 1. The van der Waals surface area contributed by atoms with E-state index in [1.54, 1.807) is 41.7 Å². The number of hydrogen-bond donors (Lipinski definition) is 7. The second-order valence-corrected chi connectivity index (χ2v) is 27.4. The summed E-state index contributed by atoms with van der Waals surface area (Å²) in [7, 11) is 5.38. The van der Waals surface area contributed by atoms with Crippen LogP contribution in [-0.2, 0) is 42.8 Å². The Kier molecular flexibility index (Phi) is 20.3. The Morgan fingerprint density at radius 2 is 1.60 bits per heavy atom. The smallest absolute Gasteiger partial charge is 0.311 e. The summed E-state index contributed by atoms with van der Waals surface area (Å²) in [5, 5.41) is 77.3. The maximum atomic E-state index is 17.9. The second-order valence-electron chi connectivity index (χ2n) is 27.4. The number of ketones is 1. The third kappa shape index (κ3) is 11.6. The number of aliphatic hydroxyl groups is 6. The van der Waals surface area contributed by atoms with Gasteiger partial charge in [0.15, 0.2) is 29.6 Å². The summed E-state index contributed by atoms with van der Waals surface area (Å²) in [6.07, 6.45) is -7.02. The molecular formula is C62H103F2N3O15.